The first kappa shape index (κ1) is 21.7. The van der Waals surface area contributed by atoms with Crippen molar-refractivity contribution in [1.82, 2.24) is 10.1 Å². The molecule has 2 aromatic carbocycles. The first-order valence-corrected chi connectivity index (χ1v) is 11.2. The fraction of sp³-hybridized carbons (Fsp3) is 0.280. The maximum Gasteiger partial charge on any atom is 0.414 e. The van der Waals surface area contributed by atoms with Crippen LogP contribution in [0.2, 0.25) is 0 Å². The molecule has 0 saturated carbocycles. The van der Waals surface area contributed by atoms with Crippen molar-refractivity contribution < 1.29 is 28.8 Å². The maximum atomic E-state index is 12.7. The lowest BCUT2D eigenvalue weighted by molar-refractivity contribution is -0.143. The molecule has 2 heterocycles. The Morgan fingerprint density at radius 1 is 1.06 bits per heavy atom. The number of hydrogen-bond donors (Lipinski definition) is 2. The summed E-state index contributed by atoms with van der Waals surface area (Å²) in [6.45, 7) is 0.464. The molecule has 0 radical (unpaired) electrons. The second-order valence-corrected chi connectivity index (χ2v) is 8.38. The van der Waals surface area contributed by atoms with Gasteiger partial charge in [-0.05, 0) is 41.5 Å². The minimum atomic E-state index is -1.05. The van der Waals surface area contributed by atoms with Gasteiger partial charge in [-0.2, -0.15) is 0 Å². The highest BCUT2D eigenvalue weighted by Crippen LogP contribution is 2.44. The number of fused-ring (bicyclic) bond motifs is 3. The lowest BCUT2D eigenvalue weighted by Gasteiger charge is -2.32. The summed E-state index contributed by atoms with van der Waals surface area (Å²) in [4.78, 5) is 37.9. The fourth-order valence-electron chi connectivity index (χ4n) is 4.75. The molecule has 9 heteroatoms. The smallest absolute Gasteiger partial charge is 0.414 e. The van der Waals surface area contributed by atoms with Gasteiger partial charge in [0.2, 0.25) is 5.88 Å². The highest BCUT2D eigenvalue weighted by atomic mass is 16.6. The molecule has 2 N–H and O–H groups in total. The van der Waals surface area contributed by atoms with Gasteiger partial charge in [-0.25, -0.2) is 9.59 Å². The predicted octanol–water partition coefficient (Wildman–Crippen LogP) is 4.11. The Hall–Kier alpha value is -4.14. The fourth-order valence-corrected chi connectivity index (χ4v) is 4.75. The highest BCUT2D eigenvalue weighted by Gasteiger charge is 2.34. The van der Waals surface area contributed by atoms with Gasteiger partial charge in [0.05, 0.1) is 0 Å². The normalized spacial score (nSPS) is 17.1. The molecule has 5 rings (SSSR count). The summed E-state index contributed by atoms with van der Waals surface area (Å²) in [5.74, 6) is -1.73. The molecule has 0 unspecified atom stereocenters. The molecule has 1 saturated heterocycles. The molecular weight excluding hydrogens is 438 g/mol. The third-order valence-electron chi connectivity index (χ3n) is 6.35. The van der Waals surface area contributed by atoms with E-state index in [1.165, 1.54) is 11.0 Å². The van der Waals surface area contributed by atoms with Crippen molar-refractivity contribution in [3.8, 4) is 11.1 Å². The van der Waals surface area contributed by atoms with Gasteiger partial charge in [0, 0.05) is 18.5 Å². The molecule has 1 fully saturated rings. The van der Waals surface area contributed by atoms with Gasteiger partial charge in [-0.3, -0.25) is 10.1 Å². The third kappa shape index (κ3) is 4.00. The number of anilines is 1. The number of amides is 2. The number of nitrogens with one attached hydrogen (secondary N) is 1. The van der Waals surface area contributed by atoms with Gasteiger partial charge in [-0.15, -0.1) is 0 Å². The van der Waals surface area contributed by atoms with Crippen molar-refractivity contribution in [2.75, 3.05) is 18.5 Å². The number of benzene rings is 2. The minimum absolute atomic E-state index is 0.0514. The van der Waals surface area contributed by atoms with E-state index in [1.54, 1.807) is 0 Å². The average Bonchev–Trinajstić information content (AvgIpc) is 3.45. The van der Waals surface area contributed by atoms with Crippen LogP contribution in [0, 0.1) is 0 Å². The van der Waals surface area contributed by atoms with Crippen LogP contribution in [0.25, 0.3) is 11.1 Å². The number of aromatic nitrogens is 1. The summed E-state index contributed by atoms with van der Waals surface area (Å²) in [6.07, 6.45) is 1.12. The van der Waals surface area contributed by atoms with Crippen molar-refractivity contribution in [3.63, 3.8) is 0 Å². The first-order valence-electron chi connectivity index (χ1n) is 11.2. The molecule has 174 valence electrons. The van der Waals surface area contributed by atoms with Gasteiger partial charge in [0.25, 0.3) is 5.91 Å². The quantitative estimate of drug-likeness (QED) is 0.586. The number of piperidine rings is 1. The van der Waals surface area contributed by atoms with E-state index in [2.05, 4.69) is 22.6 Å². The van der Waals surface area contributed by atoms with Crippen molar-refractivity contribution in [3.05, 3.63) is 71.4 Å². The SMILES string of the molecule is O=C(Nc1cc(C(=O)N2CCCC[C@@H]2C(=O)O)no1)OCC1c2ccccc2-c2ccccc21. The third-order valence-corrected chi connectivity index (χ3v) is 6.35. The number of ether oxygens (including phenoxy) is 1. The van der Waals surface area contributed by atoms with Crippen LogP contribution in [-0.2, 0) is 9.53 Å². The molecule has 1 aromatic heterocycles. The van der Waals surface area contributed by atoms with Gasteiger partial charge < -0.3 is 19.3 Å². The highest BCUT2D eigenvalue weighted by molar-refractivity contribution is 5.96. The van der Waals surface area contributed by atoms with Gasteiger partial charge in [-0.1, -0.05) is 53.7 Å². The van der Waals surface area contributed by atoms with E-state index in [0.29, 0.717) is 13.0 Å². The van der Waals surface area contributed by atoms with Crippen LogP contribution in [0.15, 0.2) is 59.1 Å². The van der Waals surface area contributed by atoms with E-state index in [4.69, 9.17) is 9.26 Å². The van der Waals surface area contributed by atoms with Gasteiger partial charge in [0.1, 0.15) is 12.6 Å². The zero-order valence-electron chi connectivity index (χ0n) is 18.3. The number of nitrogens with zero attached hydrogens (tertiary/aromatic N) is 2. The van der Waals surface area contributed by atoms with Crippen LogP contribution in [0.5, 0.6) is 0 Å². The summed E-state index contributed by atoms with van der Waals surface area (Å²) in [7, 11) is 0. The monoisotopic (exact) mass is 461 g/mol. The molecule has 2 amide bonds. The zero-order valence-corrected chi connectivity index (χ0v) is 18.3. The Balaban J connectivity index is 1.23. The second kappa shape index (κ2) is 9.01. The van der Waals surface area contributed by atoms with E-state index < -0.39 is 24.0 Å². The molecule has 1 aliphatic heterocycles. The predicted molar refractivity (Wildman–Crippen MR) is 122 cm³/mol. The summed E-state index contributed by atoms with van der Waals surface area (Å²) >= 11 is 0. The molecule has 1 atom stereocenters. The van der Waals surface area contributed by atoms with E-state index >= 15 is 0 Å². The maximum absolute atomic E-state index is 12.7. The van der Waals surface area contributed by atoms with Crippen LogP contribution >= 0.6 is 0 Å². The Morgan fingerprint density at radius 3 is 2.41 bits per heavy atom. The molecule has 0 bridgehead atoms. The lowest BCUT2D eigenvalue weighted by Crippen LogP contribution is -2.48. The van der Waals surface area contributed by atoms with E-state index in [1.807, 2.05) is 36.4 Å². The van der Waals surface area contributed by atoms with Crippen molar-refractivity contribution >= 4 is 23.9 Å². The standard InChI is InChI=1S/C25H23N3O6/c29-23(28-12-6-5-11-21(28)24(30)31)20-13-22(34-27-20)26-25(32)33-14-19-17-9-3-1-7-15(17)16-8-2-4-10-18(16)19/h1-4,7-10,13,19,21H,5-6,11-12,14H2,(H,26,32)(H,30,31)/t21-/m1/s1. The van der Waals surface area contributed by atoms with E-state index in [-0.39, 0.29) is 24.1 Å². The van der Waals surface area contributed by atoms with Gasteiger partial charge in [0.15, 0.2) is 5.69 Å². The molecular formula is C25H23N3O6. The van der Waals surface area contributed by atoms with E-state index in [9.17, 15) is 19.5 Å². The van der Waals surface area contributed by atoms with Crippen LogP contribution in [0.3, 0.4) is 0 Å². The molecule has 9 nitrogen and oxygen atoms in total. The lowest BCUT2D eigenvalue weighted by atomic mass is 9.98. The first-order chi connectivity index (χ1) is 16.5. The van der Waals surface area contributed by atoms with Crippen molar-refractivity contribution in [2.24, 2.45) is 0 Å². The topological polar surface area (TPSA) is 122 Å². The van der Waals surface area contributed by atoms with Crippen LogP contribution < -0.4 is 5.32 Å². The molecule has 34 heavy (non-hydrogen) atoms. The molecule has 0 spiro atoms. The number of carbonyl (C=O) groups is 3. The average molecular weight is 461 g/mol. The van der Waals surface area contributed by atoms with Crippen LogP contribution in [-0.4, -0.2) is 52.3 Å². The second-order valence-electron chi connectivity index (χ2n) is 8.38. The van der Waals surface area contributed by atoms with Crippen LogP contribution in [0.1, 0.15) is 46.8 Å². The summed E-state index contributed by atoms with van der Waals surface area (Å²) in [5.41, 5.74) is 4.38. The number of carboxylic acid groups (broad SMARTS) is 1. The van der Waals surface area contributed by atoms with Gasteiger partial charge >= 0.3 is 12.1 Å². The summed E-state index contributed by atoms with van der Waals surface area (Å²) < 4.78 is 10.5. The molecule has 1 aliphatic carbocycles. The Morgan fingerprint density at radius 2 is 1.74 bits per heavy atom. The Labute approximate surface area is 195 Å². The number of aliphatic carboxylic acids is 1. The molecule has 2 aliphatic rings. The minimum Gasteiger partial charge on any atom is -0.480 e. The number of carboxylic acids is 1. The summed E-state index contributed by atoms with van der Waals surface area (Å²) in [5, 5.41) is 15.5. The summed E-state index contributed by atoms with van der Waals surface area (Å²) in [6, 6.07) is 16.4. The Kier molecular flexibility index (Phi) is 5.75. The number of hydrogen-bond acceptors (Lipinski definition) is 6. The Bertz CT molecular complexity index is 1210. The van der Waals surface area contributed by atoms with Crippen molar-refractivity contribution in [2.45, 2.75) is 31.2 Å². The van der Waals surface area contributed by atoms with Crippen molar-refractivity contribution in [1.29, 1.82) is 0 Å². The van der Waals surface area contributed by atoms with Crippen LogP contribution in [0.4, 0.5) is 10.7 Å². The largest absolute Gasteiger partial charge is 0.480 e. The number of rotatable bonds is 5. The van der Waals surface area contributed by atoms with E-state index in [0.717, 1.165) is 35.1 Å². The molecule has 3 aromatic rings. The zero-order chi connectivity index (χ0) is 23.7. The number of likely N-dealkylation sites (tertiary alicyclic amines) is 1. The number of carbonyl (C=O) groups excluding carboxylic acids is 2.